The Morgan fingerprint density at radius 3 is 2.77 bits per heavy atom. The topological polar surface area (TPSA) is 55.4 Å². The van der Waals surface area contributed by atoms with E-state index in [2.05, 4.69) is 23.5 Å². The number of benzene rings is 1. The molecule has 0 radical (unpaired) electrons. The van der Waals surface area contributed by atoms with E-state index in [-0.39, 0.29) is 11.9 Å². The Kier molecular flexibility index (Phi) is 7.16. The first-order chi connectivity index (χ1) is 14.7. The third-order valence-electron chi connectivity index (χ3n) is 5.88. The van der Waals surface area contributed by atoms with Crippen molar-refractivity contribution >= 4 is 40.0 Å². The third-order valence-corrected chi connectivity index (χ3v) is 8.44. The van der Waals surface area contributed by atoms with Crippen molar-refractivity contribution in [3.8, 4) is 10.4 Å². The van der Waals surface area contributed by atoms with Crippen molar-refractivity contribution in [1.29, 1.82) is 0 Å². The lowest BCUT2D eigenvalue weighted by Crippen LogP contribution is -2.17. The van der Waals surface area contributed by atoms with Gasteiger partial charge in [-0.25, -0.2) is 4.79 Å². The first-order valence-corrected chi connectivity index (χ1v) is 12.9. The number of nitrogens with one attached hydrogen (secondary N) is 1. The van der Waals surface area contributed by atoms with Gasteiger partial charge in [0.05, 0.1) is 12.2 Å². The van der Waals surface area contributed by atoms with Crippen LogP contribution < -0.4 is 5.32 Å². The molecule has 1 heterocycles. The molecule has 2 aliphatic carbocycles. The second kappa shape index (κ2) is 10.0. The minimum Gasteiger partial charge on any atom is -0.462 e. The quantitative estimate of drug-likeness (QED) is 0.527. The van der Waals surface area contributed by atoms with E-state index in [1.165, 1.54) is 54.6 Å². The van der Waals surface area contributed by atoms with Gasteiger partial charge < -0.3 is 10.1 Å². The lowest BCUT2D eigenvalue weighted by atomic mass is 9.89. The standard InChI is InChI=1S/C24H29NO3S2/c1-2-28-24(27)21-19-13-12-16-8-6-7-11-18(16)22(19)30-23(21)25-20(26)14-15-29-17-9-4-3-5-10-17/h6-8,11,17H,2-5,9-10,12-15H2,1H3,(H,25,26). The number of thiophene rings is 1. The summed E-state index contributed by atoms with van der Waals surface area (Å²) in [5.41, 5.74) is 4.04. The van der Waals surface area contributed by atoms with Gasteiger partial charge in [-0.2, -0.15) is 11.8 Å². The Bertz CT molecular complexity index is 915. The van der Waals surface area contributed by atoms with E-state index in [0.717, 1.165) is 29.0 Å². The van der Waals surface area contributed by atoms with Crippen molar-refractivity contribution in [2.45, 2.75) is 63.5 Å². The summed E-state index contributed by atoms with van der Waals surface area (Å²) >= 11 is 3.43. The van der Waals surface area contributed by atoms with Gasteiger partial charge in [0.1, 0.15) is 5.00 Å². The molecule has 4 rings (SSSR count). The number of fused-ring (bicyclic) bond motifs is 3. The first-order valence-electron chi connectivity index (χ1n) is 11.0. The van der Waals surface area contributed by atoms with E-state index in [9.17, 15) is 9.59 Å². The van der Waals surface area contributed by atoms with Gasteiger partial charge in [0.2, 0.25) is 5.91 Å². The highest BCUT2D eigenvalue weighted by Crippen LogP contribution is 2.45. The average molecular weight is 444 g/mol. The molecule has 1 saturated carbocycles. The normalized spacial score (nSPS) is 15.9. The van der Waals surface area contributed by atoms with Crippen LogP contribution >= 0.6 is 23.1 Å². The highest BCUT2D eigenvalue weighted by atomic mass is 32.2. The highest BCUT2D eigenvalue weighted by Gasteiger charge is 2.29. The number of anilines is 1. The van der Waals surface area contributed by atoms with Crippen LogP contribution in [0.15, 0.2) is 24.3 Å². The molecule has 30 heavy (non-hydrogen) atoms. The summed E-state index contributed by atoms with van der Waals surface area (Å²) in [4.78, 5) is 26.5. The predicted octanol–water partition coefficient (Wildman–Crippen LogP) is 6.08. The zero-order chi connectivity index (χ0) is 20.9. The Morgan fingerprint density at radius 2 is 1.97 bits per heavy atom. The molecule has 0 bridgehead atoms. The zero-order valence-electron chi connectivity index (χ0n) is 17.5. The molecule has 2 aromatic rings. The minimum absolute atomic E-state index is 0.0178. The Morgan fingerprint density at radius 1 is 1.17 bits per heavy atom. The number of esters is 1. The van der Waals surface area contributed by atoms with Gasteiger partial charge in [-0.3, -0.25) is 4.79 Å². The number of ether oxygens (including phenoxy) is 1. The summed E-state index contributed by atoms with van der Waals surface area (Å²) in [6, 6.07) is 8.32. The van der Waals surface area contributed by atoms with E-state index in [0.29, 0.717) is 28.8 Å². The van der Waals surface area contributed by atoms with Crippen molar-refractivity contribution in [1.82, 2.24) is 0 Å². The summed E-state index contributed by atoms with van der Waals surface area (Å²) in [7, 11) is 0. The number of carbonyl (C=O) groups excluding carboxylic acids is 2. The molecule has 0 aliphatic heterocycles. The predicted molar refractivity (Wildman–Crippen MR) is 126 cm³/mol. The van der Waals surface area contributed by atoms with Gasteiger partial charge >= 0.3 is 5.97 Å². The smallest absolute Gasteiger partial charge is 0.341 e. The molecule has 0 unspecified atom stereocenters. The van der Waals surface area contributed by atoms with Gasteiger partial charge in [-0.15, -0.1) is 11.3 Å². The van der Waals surface area contributed by atoms with Crippen LogP contribution in [0, 0.1) is 0 Å². The number of aryl methyl sites for hydroxylation is 1. The van der Waals surface area contributed by atoms with Crippen molar-refractivity contribution in [3.05, 3.63) is 41.0 Å². The van der Waals surface area contributed by atoms with Crippen molar-refractivity contribution in [2.24, 2.45) is 0 Å². The SMILES string of the molecule is CCOC(=O)c1c(NC(=O)CCSC2CCCCC2)sc2c1CCc1ccccc1-2. The monoisotopic (exact) mass is 443 g/mol. The lowest BCUT2D eigenvalue weighted by molar-refractivity contribution is -0.115. The summed E-state index contributed by atoms with van der Waals surface area (Å²) in [5.74, 6) is 0.483. The molecule has 1 aromatic carbocycles. The van der Waals surface area contributed by atoms with E-state index in [4.69, 9.17) is 4.74 Å². The van der Waals surface area contributed by atoms with E-state index >= 15 is 0 Å². The Labute approximate surface area is 186 Å². The molecular formula is C24H29NO3S2. The van der Waals surface area contributed by atoms with E-state index < -0.39 is 0 Å². The minimum atomic E-state index is -0.332. The maximum Gasteiger partial charge on any atom is 0.341 e. The fraction of sp³-hybridized carbons (Fsp3) is 0.500. The molecule has 0 saturated heterocycles. The summed E-state index contributed by atoms with van der Waals surface area (Å²) < 4.78 is 5.34. The van der Waals surface area contributed by atoms with E-state index in [1.54, 1.807) is 0 Å². The van der Waals surface area contributed by atoms with Gasteiger partial charge in [0.15, 0.2) is 0 Å². The molecule has 4 nitrogen and oxygen atoms in total. The molecular weight excluding hydrogens is 414 g/mol. The van der Waals surface area contributed by atoms with Crippen LogP contribution in [-0.4, -0.2) is 29.5 Å². The van der Waals surface area contributed by atoms with E-state index in [1.807, 2.05) is 24.8 Å². The number of thioether (sulfide) groups is 1. The molecule has 1 amide bonds. The van der Waals surface area contributed by atoms with Crippen LogP contribution in [0.2, 0.25) is 0 Å². The van der Waals surface area contributed by atoms with Gasteiger partial charge in [-0.05, 0) is 49.3 Å². The Balaban J connectivity index is 1.50. The van der Waals surface area contributed by atoms with Crippen LogP contribution in [0.25, 0.3) is 10.4 Å². The van der Waals surface area contributed by atoms with Gasteiger partial charge in [-0.1, -0.05) is 43.5 Å². The molecule has 0 atom stereocenters. The number of carbonyl (C=O) groups is 2. The number of amides is 1. The largest absolute Gasteiger partial charge is 0.462 e. The second-order valence-electron chi connectivity index (χ2n) is 7.92. The number of hydrogen-bond donors (Lipinski definition) is 1. The van der Waals surface area contributed by atoms with Crippen LogP contribution in [0.5, 0.6) is 0 Å². The molecule has 1 fully saturated rings. The van der Waals surface area contributed by atoms with Crippen molar-refractivity contribution < 1.29 is 14.3 Å². The van der Waals surface area contributed by atoms with Crippen molar-refractivity contribution in [2.75, 3.05) is 17.7 Å². The van der Waals surface area contributed by atoms with Gasteiger partial charge in [0, 0.05) is 22.3 Å². The molecule has 1 aromatic heterocycles. The molecule has 6 heteroatoms. The van der Waals surface area contributed by atoms with Crippen molar-refractivity contribution in [3.63, 3.8) is 0 Å². The lowest BCUT2D eigenvalue weighted by Gasteiger charge is -2.20. The van der Waals surface area contributed by atoms with Crippen LogP contribution in [0.1, 0.15) is 66.9 Å². The first kappa shape index (κ1) is 21.4. The molecule has 0 spiro atoms. The average Bonchev–Trinajstić information content (AvgIpc) is 3.13. The molecule has 160 valence electrons. The summed E-state index contributed by atoms with van der Waals surface area (Å²) in [6.45, 7) is 2.14. The maximum absolute atomic E-state index is 12.7. The number of rotatable bonds is 7. The second-order valence-corrected chi connectivity index (χ2v) is 10.3. The summed E-state index contributed by atoms with van der Waals surface area (Å²) in [5, 5.41) is 4.38. The fourth-order valence-electron chi connectivity index (χ4n) is 4.39. The Hall–Kier alpha value is -1.79. The third kappa shape index (κ3) is 4.75. The number of hydrogen-bond acceptors (Lipinski definition) is 5. The zero-order valence-corrected chi connectivity index (χ0v) is 19.1. The molecule has 2 aliphatic rings. The maximum atomic E-state index is 12.7. The summed E-state index contributed by atoms with van der Waals surface area (Å²) in [6.07, 6.45) is 8.70. The highest BCUT2D eigenvalue weighted by molar-refractivity contribution is 7.99. The molecule has 1 N–H and O–H groups in total. The fourth-order valence-corrected chi connectivity index (χ4v) is 7.00. The van der Waals surface area contributed by atoms with Gasteiger partial charge in [0.25, 0.3) is 0 Å². The van der Waals surface area contributed by atoms with Crippen LogP contribution in [-0.2, 0) is 22.4 Å². The van der Waals surface area contributed by atoms with Crippen LogP contribution in [0.3, 0.4) is 0 Å². The van der Waals surface area contributed by atoms with Crippen LogP contribution in [0.4, 0.5) is 5.00 Å².